The molecule has 0 saturated heterocycles. The second-order valence-electron chi connectivity index (χ2n) is 2.88. The number of hydrogen-bond acceptors (Lipinski definition) is 1. The van der Waals surface area contributed by atoms with Gasteiger partial charge >= 0.3 is 29.6 Å². The van der Waals surface area contributed by atoms with E-state index in [0.717, 1.165) is 6.54 Å². The van der Waals surface area contributed by atoms with Crippen LogP contribution in [0, 0.1) is 0 Å². The Morgan fingerprint density at radius 3 is 2.09 bits per heavy atom. The van der Waals surface area contributed by atoms with E-state index in [4.69, 9.17) is 5.11 Å². The first-order valence-electron chi connectivity index (χ1n) is 3.12. The normalized spacial score (nSPS) is 12.4. The Kier molecular flexibility index (Phi) is 12.3. The average molecular weight is 191 g/mol. The molecule has 0 heterocycles. The van der Waals surface area contributed by atoms with Crippen LogP contribution in [0.25, 0.3) is 0 Å². The Morgan fingerprint density at radius 2 is 2.00 bits per heavy atom. The van der Waals surface area contributed by atoms with Gasteiger partial charge in [0, 0.05) is 6.92 Å². The number of nitrogens with zero attached hydrogens (tertiary/aromatic N) is 1. The quantitative estimate of drug-likeness (QED) is 0.239. The van der Waals surface area contributed by atoms with Crippen molar-refractivity contribution in [1.82, 2.24) is 0 Å². The van der Waals surface area contributed by atoms with Gasteiger partial charge in [0.05, 0.1) is 20.6 Å². The van der Waals surface area contributed by atoms with Gasteiger partial charge in [0.2, 0.25) is 0 Å². The molecule has 0 rings (SSSR count). The standard InChI is InChI=1S/C7H16NO.ClH.Na.H/c1-5-6-8(3,4)7(2)9;;;/h5,7,9H,1,6H2,2-4H3;1H;;/q+1;;+1;-1. The molecule has 11 heavy (non-hydrogen) atoms. The van der Waals surface area contributed by atoms with E-state index >= 15 is 0 Å². The number of aliphatic hydroxyl groups excluding tert-OH is 1. The molecule has 0 aliphatic rings. The molecule has 0 aromatic carbocycles. The van der Waals surface area contributed by atoms with Gasteiger partial charge in [0.15, 0.2) is 6.23 Å². The molecule has 64 valence electrons. The third-order valence-electron chi connectivity index (χ3n) is 1.61. The molecule has 0 aromatic rings. The number of rotatable bonds is 3. The van der Waals surface area contributed by atoms with Gasteiger partial charge in [-0.15, -0.1) is 12.4 Å². The summed E-state index contributed by atoms with van der Waals surface area (Å²) in [5.74, 6) is 0. The Labute approximate surface area is 99.1 Å². The summed E-state index contributed by atoms with van der Waals surface area (Å²) in [6, 6.07) is 0. The summed E-state index contributed by atoms with van der Waals surface area (Å²) >= 11 is 0. The molecule has 4 heteroatoms. The predicted octanol–water partition coefficient (Wildman–Crippen LogP) is -1.87. The maximum atomic E-state index is 9.14. The summed E-state index contributed by atoms with van der Waals surface area (Å²) < 4.78 is 0.587. The van der Waals surface area contributed by atoms with Gasteiger partial charge in [-0.3, -0.25) is 0 Å². The van der Waals surface area contributed by atoms with Crippen molar-refractivity contribution in [2.24, 2.45) is 0 Å². The van der Waals surface area contributed by atoms with E-state index in [0.29, 0.717) is 4.48 Å². The van der Waals surface area contributed by atoms with Crippen LogP contribution in [0.2, 0.25) is 0 Å². The zero-order chi connectivity index (χ0) is 7.49. The molecule has 0 bridgehead atoms. The Balaban J connectivity index is -0.000000107. The largest absolute Gasteiger partial charge is 1.00 e. The van der Waals surface area contributed by atoms with Crippen molar-refractivity contribution < 1.29 is 40.6 Å². The molecule has 0 fully saturated rings. The van der Waals surface area contributed by atoms with Gasteiger partial charge in [0.25, 0.3) is 0 Å². The molecule has 0 saturated carbocycles. The van der Waals surface area contributed by atoms with E-state index in [1.807, 2.05) is 20.2 Å². The zero-order valence-corrected chi connectivity index (χ0v) is 10.7. The van der Waals surface area contributed by atoms with Gasteiger partial charge in [-0.05, 0) is 6.08 Å². The maximum Gasteiger partial charge on any atom is 1.00 e. The molecule has 0 aliphatic heterocycles. The van der Waals surface area contributed by atoms with E-state index in [1.54, 1.807) is 6.92 Å². The van der Waals surface area contributed by atoms with Crippen LogP contribution in [-0.4, -0.2) is 36.5 Å². The molecule has 0 radical (unpaired) electrons. The first-order chi connectivity index (χ1) is 4.00. The summed E-state index contributed by atoms with van der Waals surface area (Å²) in [4.78, 5) is 0. The van der Waals surface area contributed by atoms with Crippen molar-refractivity contribution in [1.29, 1.82) is 0 Å². The fourth-order valence-corrected chi connectivity index (χ4v) is 0.485. The molecular weight excluding hydrogens is 173 g/mol. The Bertz CT molecular complexity index is 112. The van der Waals surface area contributed by atoms with E-state index in [-0.39, 0.29) is 49.6 Å². The van der Waals surface area contributed by atoms with Crippen LogP contribution in [0.15, 0.2) is 12.7 Å². The van der Waals surface area contributed by atoms with Crippen molar-refractivity contribution >= 4 is 12.4 Å². The van der Waals surface area contributed by atoms with Gasteiger partial charge in [0.1, 0.15) is 0 Å². The third kappa shape index (κ3) is 7.32. The molecule has 1 N–H and O–H groups in total. The van der Waals surface area contributed by atoms with Crippen LogP contribution in [0.5, 0.6) is 0 Å². The fourth-order valence-electron chi connectivity index (χ4n) is 0.485. The Morgan fingerprint density at radius 1 is 1.64 bits per heavy atom. The van der Waals surface area contributed by atoms with Crippen LogP contribution in [-0.2, 0) is 0 Å². The SMILES string of the molecule is C=CC[N+](C)(C)C(C)O.Cl.[H-].[Na+]. The minimum Gasteiger partial charge on any atom is -1.00 e. The van der Waals surface area contributed by atoms with Crippen molar-refractivity contribution in [3.8, 4) is 0 Å². The molecule has 0 spiro atoms. The van der Waals surface area contributed by atoms with Crippen LogP contribution in [0.1, 0.15) is 8.35 Å². The number of aliphatic hydroxyl groups is 1. The van der Waals surface area contributed by atoms with Crippen LogP contribution in [0.3, 0.4) is 0 Å². The van der Waals surface area contributed by atoms with Gasteiger partial charge in [-0.1, -0.05) is 6.58 Å². The molecule has 0 aliphatic carbocycles. The monoisotopic (exact) mass is 190 g/mol. The summed E-state index contributed by atoms with van der Waals surface area (Å²) in [7, 11) is 3.93. The molecule has 0 aromatic heterocycles. The minimum atomic E-state index is -0.317. The fraction of sp³-hybridized carbons (Fsp3) is 0.714. The van der Waals surface area contributed by atoms with Crippen molar-refractivity contribution in [2.75, 3.05) is 20.6 Å². The predicted molar refractivity (Wildman–Crippen MR) is 47.2 cm³/mol. The molecule has 1 atom stereocenters. The molecule has 0 amide bonds. The number of quaternary nitrogens is 1. The van der Waals surface area contributed by atoms with Crippen LogP contribution in [0.4, 0.5) is 0 Å². The van der Waals surface area contributed by atoms with Gasteiger partial charge < -0.3 is 11.0 Å². The number of hydrogen-bond donors (Lipinski definition) is 1. The maximum absolute atomic E-state index is 9.14. The number of likely N-dealkylation sites (N-methyl/N-ethyl adjacent to an activating group) is 1. The van der Waals surface area contributed by atoms with E-state index in [1.165, 1.54) is 0 Å². The zero-order valence-electron chi connectivity index (χ0n) is 8.87. The second kappa shape index (κ2) is 7.59. The smallest absolute Gasteiger partial charge is 1.00 e. The third-order valence-corrected chi connectivity index (χ3v) is 1.61. The van der Waals surface area contributed by atoms with Crippen LogP contribution >= 0.6 is 12.4 Å². The topological polar surface area (TPSA) is 20.2 Å². The first kappa shape index (κ1) is 17.9. The van der Waals surface area contributed by atoms with Gasteiger partial charge in [-0.25, -0.2) is 0 Å². The molecule has 1 unspecified atom stereocenters. The number of halogens is 1. The van der Waals surface area contributed by atoms with Crippen molar-refractivity contribution in [3.05, 3.63) is 12.7 Å². The van der Waals surface area contributed by atoms with E-state index < -0.39 is 0 Å². The molecular formula is C7H18ClNNaO+. The van der Waals surface area contributed by atoms with Gasteiger partial charge in [-0.2, -0.15) is 0 Å². The Hall–Kier alpha value is 0.950. The summed E-state index contributed by atoms with van der Waals surface area (Å²) in [6.45, 7) is 6.19. The summed E-state index contributed by atoms with van der Waals surface area (Å²) in [5, 5.41) is 9.14. The second-order valence-corrected chi connectivity index (χ2v) is 2.88. The van der Waals surface area contributed by atoms with Crippen LogP contribution < -0.4 is 29.6 Å². The van der Waals surface area contributed by atoms with E-state index in [9.17, 15) is 0 Å². The first-order valence-corrected chi connectivity index (χ1v) is 3.12. The average Bonchev–Trinajstić information content (AvgIpc) is 1.65. The van der Waals surface area contributed by atoms with E-state index in [2.05, 4.69) is 6.58 Å². The van der Waals surface area contributed by atoms with Crippen molar-refractivity contribution in [3.63, 3.8) is 0 Å². The summed E-state index contributed by atoms with van der Waals surface area (Å²) in [6.07, 6.45) is 1.50. The summed E-state index contributed by atoms with van der Waals surface area (Å²) in [5.41, 5.74) is 0. The van der Waals surface area contributed by atoms with Crippen molar-refractivity contribution in [2.45, 2.75) is 13.2 Å². The molecule has 2 nitrogen and oxygen atoms in total. The minimum absolute atomic E-state index is 0.